The van der Waals surface area contributed by atoms with E-state index in [2.05, 4.69) is 20.4 Å². The van der Waals surface area contributed by atoms with Crippen LogP contribution in [0.5, 0.6) is 0 Å². The Balaban J connectivity index is 1.93. The summed E-state index contributed by atoms with van der Waals surface area (Å²) < 4.78 is 2.18. The molecule has 3 rings (SSSR count). The van der Waals surface area contributed by atoms with Crippen LogP contribution in [-0.2, 0) is 13.0 Å². The van der Waals surface area contributed by atoms with Gasteiger partial charge in [0.1, 0.15) is 5.82 Å². The molecule has 0 amide bonds. The van der Waals surface area contributed by atoms with Crippen molar-refractivity contribution in [3.63, 3.8) is 0 Å². The van der Waals surface area contributed by atoms with Crippen molar-refractivity contribution >= 4 is 5.82 Å². The van der Waals surface area contributed by atoms with Crippen molar-refractivity contribution in [1.29, 1.82) is 0 Å². The van der Waals surface area contributed by atoms with Gasteiger partial charge in [0, 0.05) is 12.1 Å². The van der Waals surface area contributed by atoms with E-state index in [1.807, 2.05) is 0 Å². The molecule has 2 aliphatic heterocycles. The van der Waals surface area contributed by atoms with Crippen LogP contribution < -0.4 is 16.4 Å². The van der Waals surface area contributed by atoms with E-state index in [9.17, 15) is 0 Å². The van der Waals surface area contributed by atoms with Crippen LogP contribution in [0.3, 0.4) is 0 Å². The fourth-order valence-corrected chi connectivity index (χ4v) is 2.76. The number of fused-ring (bicyclic) bond motifs is 1. The molecule has 5 heteroatoms. The van der Waals surface area contributed by atoms with Crippen LogP contribution in [0.2, 0.25) is 0 Å². The van der Waals surface area contributed by atoms with Crippen molar-refractivity contribution < 1.29 is 0 Å². The van der Waals surface area contributed by atoms with Crippen molar-refractivity contribution in [2.24, 2.45) is 0 Å². The third-order valence-electron chi connectivity index (χ3n) is 3.65. The molecule has 1 saturated heterocycles. The Kier molecular flexibility index (Phi) is 2.57. The number of nitrogens with zero attached hydrogens (tertiary/aromatic N) is 2. The minimum absolute atomic E-state index is 0.534. The molecule has 1 aromatic rings. The van der Waals surface area contributed by atoms with E-state index in [0.29, 0.717) is 6.04 Å². The van der Waals surface area contributed by atoms with Crippen molar-refractivity contribution in [2.75, 3.05) is 25.4 Å². The van der Waals surface area contributed by atoms with Gasteiger partial charge in [-0.15, -0.1) is 0 Å². The molecule has 0 atom stereocenters. The summed E-state index contributed by atoms with van der Waals surface area (Å²) >= 11 is 0. The van der Waals surface area contributed by atoms with Gasteiger partial charge in [0.15, 0.2) is 0 Å². The van der Waals surface area contributed by atoms with Gasteiger partial charge < -0.3 is 16.4 Å². The SMILES string of the molecule is Nc1nn(C2CCNCC2)c2c1CCNC2. The summed E-state index contributed by atoms with van der Waals surface area (Å²) in [6, 6.07) is 0.534. The zero-order chi connectivity index (χ0) is 11.0. The monoisotopic (exact) mass is 221 g/mol. The van der Waals surface area contributed by atoms with E-state index in [0.717, 1.165) is 51.3 Å². The summed E-state index contributed by atoms with van der Waals surface area (Å²) in [6.07, 6.45) is 3.34. The first kappa shape index (κ1) is 10.1. The van der Waals surface area contributed by atoms with E-state index >= 15 is 0 Å². The third kappa shape index (κ3) is 1.60. The number of anilines is 1. The number of nitrogens with two attached hydrogens (primary N) is 1. The molecule has 5 nitrogen and oxygen atoms in total. The van der Waals surface area contributed by atoms with Crippen LogP contribution in [-0.4, -0.2) is 29.4 Å². The maximum absolute atomic E-state index is 5.99. The summed E-state index contributed by atoms with van der Waals surface area (Å²) in [7, 11) is 0. The highest BCUT2D eigenvalue weighted by Crippen LogP contribution is 2.27. The highest BCUT2D eigenvalue weighted by molar-refractivity contribution is 5.44. The molecule has 0 bridgehead atoms. The van der Waals surface area contributed by atoms with Crippen LogP contribution in [0.15, 0.2) is 0 Å². The number of hydrogen-bond acceptors (Lipinski definition) is 4. The number of hydrogen-bond donors (Lipinski definition) is 3. The maximum Gasteiger partial charge on any atom is 0.149 e. The molecule has 0 aromatic carbocycles. The summed E-state index contributed by atoms with van der Waals surface area (Å²) in [5.41, 5.74) is 8.58. The lowest BCUT2D eigenvalue weighted by molar-refractivity contribution is 0.332. The van der Waals surface area contributed by atoms with Crippen LogP contribution in [0.1, 0.15) is 30.1 Å². The Labute approximate surface area is 95.4 Å². The second-order valence-corrected chi connectivity index (χ2v) is 4.66. The van der Waals surface area contributed by atoms with Crippen molar-refractivity contribution in [3.05, 3.63) is 11.3 Å². The van der Waals surface area contributed by atoms with Gasteiger partial charge in [-0.05, 0) is 38.9 Å². The molecule has 1 fully saturated rings. The Morgan fingerprint density at radius 1 is 1.19 bits per heavy atom. The second-order valence-electron chi connectivity index (χ2n) is 4.66. The molecule has 88 valence electrons. The lowest BCUT2D eigenvalue weighted by Gasteiger charge is -2.26. The topological polar surface area (TPSA) is 67.9 Å². The molecule has 0 spiro atoms. The third-order valence-corrected chi connectivity index (χ3v) is 3.65. The quantitative estimate of drug-likeness (QED) is 0.626. The van der Waals surface area contributed by atoms with Gasteiger partial charge in [0.25, 0.3) is 0 Å². The number of nitrogen functional groups attached to an aromatic ring is 1. The van der Waals surface area contributed by atoms with Crippen molar-refractivity contribution in [2.45, 2.75) is 31.8 Å². The van der Waals surface area contributed by atoms with Crippen molar-refractivity contribution in [1.82, 2.24) is 20.4 Å². The summed E-state index contributed by atoms with van der Waals surface area (Å²) in [5, 5.41) is 11.3. The average Bonchev–Trinajstić information content (AvgIpc) is 2.69. The number of piperidine rings is 1. The van der Waals surface area contributed by atoms with E-state index in [1.54, 1.807) is 0 Å². The highest BCUT2D eigenvalue weighted by atomic mass is 15.3. The first-order valence-electron chi connectivity index (χ1n) is 6.13. The Morgan fingerprint density at radius 2 is 2.00 bits per heavy atom. The molecular weight excluding hydrogens is 202 g/mol. The van der Waals surface area contributed by atoms with Gasteiger partial charge in [0.2, 0.25) is 0 Å². The zero-order valence-electron chi connectivity index (χ0n) is 9.50. The molecule has 0 aliphatic carbocycles. The van der Waals surface area contributed by atoms with Crippen molar-refractivity contribution in [3.8, 4) is 0 Å². The Hall–Kier alpha value is -1.07. The summed E-state index contributed by atoms with van der Waals surface area (Å²) in [6.45, 7) is 4.12. The minimum Gasteiger partial charge on any atom is -0.382 e. The molecule has 16 heavy (non-hydrogen) atoms. The van der Waals surface area contributed by atoms with E-state index in [1.165, 1.54) is 11.3 Å². The number of rotatable bonds is 1. The number of aromatic nitrogens is 2. The number of nitrogens with one attached hydrogen (secondary N) is 2. The van der Waals surface area contributed by atoms with Crippen LogP contribution >= 0.6 is 0 Å². The lowest BCUT2D eigenvalue weighted by atomic mass is 10.0. The largest absolute Gasteiger partial charge is 0.382 e. The molecular formula is C11H19N5. The molecule has 4 N–H and O–H groups in total. The van der Waals surface area contributed by atoms with Crippen LogP contribution in [0, 0.1) is 0 Å². The first-order chi connectivity index (χ1) is 7.86. The predicted molar refractivity (Wildman–Crippen MR) is 63.2 cm³/mol. The molecule has 3 heterocycles. The summed E-state index contributed by atoms with van der Waals surface area (Å²) in [4.78, 5) is 0. The minimum atomic E-state index is 0.534. The molecule has 0 unspecified atom stereocenters. The fraction of sp³-hybridized carbons (Fsp3) is 0.727. The van der Waals surface area contributed by atoms with Gasteiger partial charge in [0.05, 0.1) is 11.7 Å². The van der Waals surface area contributed by atoms with Crippen LogP contribution in [0.4, 0.5) is 5.82 Å². The normalized spacial score (nSPS) is 22.0. The van der Waals surface area contributed by atoms with E-state index < -0.39 is 0 Å². The molecule has 0 saturated carbocycles. The summed E-state index contributed by atoms with van der Waals surface area (Å²) in [5.74, 6) is 0.745. The van der Waals surface area contributed by atoms with Gasteiger partial charge in [-0.3, -0.25) is 4.68 Å². The standard InChI is InChI=1S/C11H19N5/c12-11-9-3-6-14-7-10(9)16(15-11)8-1-4-13-5-2-8/h8,13-14H,1-7H2,(H2,12,15). The van der Waals surface area contributed by atoms with Gasteiger partial charge in [-0.25, -0.2) is 0 Å². The fourth-order valence-electron chi connectivity index (χ4n) is 2.76. The van der Waals surface area contributed by atoms with Gasteiger partial charge in [-0.1, -0.05) is 0 Å². The predicted octanol–water partition coefficient (Wildman–Crippen LogP) is 0.0355. The second kappa shape index (κ2) is 4.07. The first-order valence-corrected chi connectivity index (χ1v) is 6.13. The average molecular weight is 221 g/mol. The van der Waals surface area contributed by atoms with Crippen LogP contribution in [0.25, 0.3) is 0 Å². The van der Waals surface area contributed by atoms with E-state index in [4.69, 9.17) is 5.73 Å². The Bertz CT molecular complexity index is 378. The van der Waals surface area contributed by atoms with Gasteiger partial charge >= 0.3 is 0 Å². The highest BCUT2D eigenvalue weighted by Gasteiger charge is 2.24. The van der Waals surface area contributed by atoms with Gasteiger partial charge in [-0.2, -0.15) is 5.10 Å². The van der Waals surface area contributed by atoms with E-state index in [-0.39, 0.29) is 0 Å². The zero-order valence-corrected chi connectivity index (χ0v) is 9.50. The maximum atomic E-state index is 5.99. The molecule has 1 aromatic heterocycles. The smallest absolute Gasteiger partial charge is 0.149 e. The Morgan fingerprint density at radius 3 is 2.81 bits per heavy atom. The lowest BCUT2D eigenvalue weighted by Crippen LogP contribution is -2.32. The molecule has 2 aliphatic rings. The molecule has 0 radical (unpaired) electrons.